The summed E-state index contributed by atoms with van der Waals surface area (Å²) in [7, 11) is 1.56. The minimum Gasteiger partial charge on any atom is -0.504 e. The van der Waals surface area contributed by atoms with Crippen LogP contribution in [0.25, 0.3) is 0 Å². The summed E-state index contributed by atoms with van der Waals surface area (Å²) in [6.45, 7) is 1.55. The molecular formula is C14H17NO2S. The number of phenolic OH excluding ortho intramolecular Hbond substituents is 1. The van der Waals surface area contributed by atoms with Crippen LogP contribution in [0, 0.1) is 0 Å². The minimum atomic E-state index is 0.226. The summed E-state index contributed by atoms with van der Waals surface area (Å²) in [5, 5.41) is 15.3. The van der Waals surface area contributed by atoms with Crippen molar-refractivity contribution >= 4 is 11.3 Å². The number of rotatable bonds is 6. The van der Waals surface area contributed by atoms with Gasteiger partial charge in [0.1, 0.15) is 0 Å². The summed E-state index contributed by atoms with van der Waals surface area (Å²) in [5.41, 5.74) is 0.862. The molecule has 2 N–H and O–H groups in total. The second-order valence-corrected chi connectivity index (χ2v) is 5.01. The Labute approximate surface area is 111 Å². The predicted octanol–water partition coefficient (Wildman–Crippen LogP) is 2.79. The molecule has 96 valence electrons. The molecule has 2 rings (SSSR count). The molecule has 1 aromatic carbocycles. The fourth-order valence-electron chi connectivity index (χ4n) is 1.76. The van der Waals surface area contributed by atoms with Gasteiger partial charge in [0, 0.05) is 23.5 Å². The number of methoxy groups -OCH3 is 1. The monoisotopic (exact) mass is 263 g/mol. The van der Waals surface area contributed by atoms with Crippen molar-refractivity contribution in [2.45, 2.75) is 13.0 Å². The summed E-state index contributed by atoms with van der Waals surface area (Å²) in [4.78, 5) is 1.37. The molecular weight excluding hydrogens is 246 g/mol. The molecule has 0 aliphatic carbocycles. The van der Waals surface area contributed by atoms with E-state index in [0.29, 0.717) is 12.3 Å². The molecule has 1 aromatic heterocycles. The first-order chi connectivity index (χ1) is 8.81. The van der Waals surface area contributed by atoms with Gasteiger partial charge in [-0.25, -0.2) is 0 Å². The molecule has 0 unspecified atom stereocenters. The Hall–Kier alpha value is -1.52. The van der Waals surface area contributed by atoms with Crippen molar-refractivity contribution < 1.29 is 9.84 Å². The molecule has 0 spiro atoms. The van der Waals surface area contributed by atoms with Gasteiger partial charge in [0.2, 0.25) is 0 Å². The van der Waals surface area contributed by atoms with E-state index in [-0.39, 0.29) is 5.75 Å². The SMILES string of the molecule is COc1cccc(CNCCc2cccs2)c1O. The van der Waals surface area contributed by atoms with Gasteiger partial charge < -0.3 is 15.2 Å². The number of aromatic hydroxyl groups is 1. The summed E-state index contributed by atoms with van der Waals surface area (Å²) < 4.78 is 5.07. The Morgan fingerprint density at radius 3 is 2.89 bits per heavy atom. The topological polar surface area (TPSA) is 41.5 Å². The van der Waals surface area contributed by atoms with Gasteiger partial charge in [-0.3, -0.25) is 0 Å². The highest BCUT2D eigenvalue weighted by molar-refractivity contribution is 7.09. The molecule has 0 bridgehead atoms. The van der Waals surface area contributed by atoms with Gasteiger partial charge in [-0.05, 0) is 23.9 Å². The fourth-order valence-corrected chi connectivity index (χ4v) is 2.47. The number of para-hydroxylation sites is 1. The maximum atomic E-state index is 9.91. The summed E-state index contributed by atoms with van der Waals surface area (Å²) in [6, 6.07) is 9.73. The average Bonchev–Trinajstić information content (AvgIpc) is 2.89. The van der Waals surface area contributed by atoms with Crippen molar-refractivity contribution in [2.24, 2.45) is 0 Å². The number of nitrogens with one attached hydrogen (secondary N) is 1. The largest absolute Gasteiger partial charge is 0.504 e. The van der Waals surface area contributed by atoms with Crippen LogP contribution in [0.15, 0.2) is 35.7 Å². The minimum absolute atomic E-state index is 0.226. The first kappa shape index (κ1) is 12.9. The Bertz CT molecular complexity index is 483. The standard InChI is InChI=1S/C14H17NO2S/c1-17-13-6-2-4-11(14(13)16)10-15-8-7-12-5-3-9-18-12/h2-6,9,15-16H,7-8,10H2,1H3. The second kappa shape index (κ2) is 6.42. The van der Waals surface area contributed by atoms with E-state index in [1.807, 2.05) is 12.1 Å². The molecule has 3 nitrogen and oxygen atoms in total. The molecule has 1 heterocycles. The van der Waals surface area contributed by atoms with E-state index in [1.165, 1.54) is 4.88 Å². The van der Waals surface area contributed by atoms with Crippen LogP contribution in [0.3, 0.4) is 0 Å². The molecule has 0 amide bonds. The lowest BCUT2D eigenvalue weighted by Gasteiger charge is -2.09. The van der Waals surface area contributed by atoms with Crippen molar-refractivity contribution in [3.05, 3.63) is 46.2 Å². The summed E-state index contributed by atoms with van der Waals surface area (Å²) in [6.07, 6.45) is 1.02. The average molecular weight is 263 g/mol. The molecule has 18 heavy (non-hydrogen) atoms. The van der Waals surface area contributed by atoms with Crippen LogP contribution in [-0.4, -0.2) is 18.8 Å². The molecule has 0 aliphatic heterocycles. The third-order valence-corrected chi connectivity index (χ3v) is 3.68. The van der Waals surface area contributed by atoms with Crippen molar-refractivity contribution in [2.75, 3.05) is 13.7 Å². The normalized spacial score (nSPS) is 10.5. The van der Waals surface area contributed by atoms with Gasteiger partial charge in [0.25, 0.3) is 0 Å². The third-order valence-electron chi connectivity index (χ3n) is 2.75. The van der Waals surface area contributed by atoms with E-state index in [4.69, 9.17) is 4.74 Å². The van der Waals surface area contributed by atoms with Gasteiger partial charge in [-0.15, -0.1) is 11.3 Å². The summed E-state index contributed by atoms with van der Waals surface area (Å²) in [5.74, 6) is 0.746. The van der Waals surface area contributed by atoms with E-state index in [2.05, 4.69) is 22.8 Å². The van der Waals surface area contributed by atoms with E-state index in [9.17, 15) is 5.11 Å². The quantitative estimate of drug-likeness (QED) is 0.787. The molecule has 0 aliphatic rings. The Morgan fingerprint density at radius 2 is 2.17 bits per heavy atom. The van der Waals surface area contributed by atoms with Crippen LogP contribution in [0.2, 0.25) is 0 Å². The molecule has 0 saturated carbocycles. The molecule has 2 aromatic rings. The zero-order chi connectivity index (χ0) is 12.8. The van der Waals surface area contributed by atoms with Gasteiger partial charge in [-0.2, -0.15) is 0 Å². The highest BCUT2D eigenvalue weighted by Gasteiger charge is 2.06. The smallest absolute Gasteiger partial charge is 0.162 e. The zero-order valence-electron chi connectivity index (χ0n) is 10.3. The number of thiophene rings is 1. The van der Waals surface area contributed by atoms with Gasteiger partial charge >= 0.3 is 0 Å². The summed E-state index contributed by atoms with van der Waals surface area (Å²) >= 11 is 1.77. The molecule has 0 radical (unpaired) electrons. The van der Waals surface area contributed by atoms with Crippen molar-refractivity contribution in [1.82, 2.24) is 5.32 Å². The molecule has 0 saturated heterocycles. The van der Waals surface area contributed by atoms with Gasteiger partial charge in [0.15, 0.2) is 11.5 Å². The van der Waals surface area contributed by atoms with E-state index >= 15 is 0 Å². The lowest BCUT2D eigenvalue weighted by Crippen LogP contribution is -2.16. The molecule has 0 atom stereocenters. The lowest BCUT2D eigenvalue weighted by atomic mass is 10.2. The number of ether oxygens (including phenoxy) is 1. The number of phenols is 1. The lowest BCUT2D eigenvalue weighted by molar-refractivity contribution is 0.369. The van der Waals surface area contributed by atoms with E-state index in [0.717, 1.165) is 18.5 Å². The highest BCUT2D eigenvalue weighted by atomic mass is 32.1. The second-order valence-electron chi connectivity index (χ2n) is 3.97. The zero-order valence-corrected chi connectivity index (χ0v) is 11.2. The fraction of sp³-hybridized carbons (Fsp3) is 0.286. The first-order valence-corrected chi connectivity index (χ1v) is 6.77. The van der Waals surface area contributed by atoms with Crippen LogP contribution >= 0.6 is 11.3 Å². The van der Waals surface area contributed by atoms with Crippen molar-refractivity contribution in [1.29, 1.82) is 0 Å². The molecule has 4 heteroatoms. The number of benzene rings is 1. The van der Waals surface area contributed by atoms with Crippen LogP contribution in [0.5, 0.6) is 11.5 Å². The van der Waals surface area contributed by atoms with Crippen molar-refractivity contribution in [3.8, 4) is 11.5 Å². The van der Waals surface area contributed by atoms with E-state index in [1.54, 1.807) is 24.5 Å². The maximum Gasteiger partial charge on any atom is 0.162 e. The maximum absolute atomic E-state index is 9.91. The van der Waals surface area contributed by atoms with Crippen LogP contribution in [0.1, 0.15) is 10.4 Å². The van der Waals surface area contributed by atoms with Gasteiger partial charge in [-0.1, -0.05) is 18.2 Å². The number of hydrogen-bond donors (Lipinski definition) is 2. The van der Waals surface area contributed by atoms with Crippen LogP contribution < -0.4 is 10.1 Å². The van der Waals surface area contributed by atoms with Crippen LogP contribution in [0.4, 0.5) is 0 Å². The van der Waals surface area contributed by atoms with E-state index < -0.39 is 0 Å². The Kier molecular flexibility index (Phi) is 4.61. The predicted molar refractivity (Wildman–Crippen MR) is 74.4 cm³/mol. The van der Waals surface area contributed by atoms with Gasteiger partial charge in [0.05, 0.1) is 7.11 Å². The Balaban J connectivity index is 1.83. The third kappa shape index (κ3) is 3.24. The number of hydrogen-bond acceptors (Lipinski definition) is 4. The van der Waals surface area contributed by atoms with Crippen molar-refractivity contribution in [3.63, 3.8) is 0 Å². The first-order valence-electron chi connectivity index (χ1n) is 5.89. The Morgan fingerprint density at radius 1 is 1.28 bits per heavy atom. The highest BCUT2D eigenvalue weighted by Crippen LogP contribution is 2.29. The molecule has 0 fully saturated rings. The van der Waals surface area contributed by atoms with Crippen LogP contribution in [-0.2, 0) is 13.0 Å².